The van der Waals surface area contributed by atoms with Gasteiger partial charge in [-0.05, 0) is 48.9 Å². The number of rotatable bonds is 8. The minimum Gasteiger partial charge on any atom is -0.484 e. The van der Waals surface area contributed by atoms with Gasteiger partial charge < -0.3 is 10.1 Å². The molecule has 0 saturated carbocycles. The normalized spacial score (nSPS) is 12.2. The fourth-order valence-corrected chi connectivity index (χ4v) is 4.02. The zero-order valence-corrected chi connectivity index (χ0v) is 17.6. The Bertz CT molecular complexity index is 1200. The molecule has 3 aromatic carbocycles. The molecule has 0 aliphatic rings. The van der Waals surface area contributed by atoms with Crippen molar-refractivity contribution in [1.29, 1.82) is 0 Å². The van der Waals surface area contributed by atoms with Gasteiger partial charge in [0.2, 0.25) is 10.0 Å². The van der Waals surface area contributed by atoms with Crippen molar-refractivity contribution in [2.75, 3.05) is 11.9 Å². The zero-order chi connectivity index (χ0) is 23.3. The highest BCUT2D eigenvalue weighted by atomic mass is 32.2. The van der Waals surface area contributed by atoms with Crippen LogP contribution >= 0.6 is 0 Å². The van der Waals surface area contributed by atoms with Crippen molar-refractivity contribution in [2.24, 2.45) is 0 Å². The molecule has 168 valence electrons. The maximum absolute atomic E-state index is 13.6. The van der Waals surface area contributed by atoms with Gasteiger partial charge in [0, 0.05) is 6.04 Å². The van der Waals surface area contributed by atoms with Crippen LogP contribution in [0.1, 0.15) is 18.5 Å². The van der Waals surface area contributed by atoms with Crippen molar-refractivity contribution < 1.29 is 31.1 Å². The highest BCUT2D eigenvalue weighted by Gasteiger charge is 2.19. The first kappa shape index (κ1) is 23.3. The summed E-state index contributed by atoms with van der Waals surface area (Å²) in [6.45, 7) is 1.16. The largest absolute Gasteiger partial charge is 0.484 e. The van der Waals surface area contributed by atoms with E-state index < -0.39 is 51.7 Å². The number of ether oxygens (including phenoxy) is 1. The molecule has 32 heavy (non-hydrogen) atoms. The first-order valence-corrected chi connectivity index (χ1v) is 10.9. The molecular formula is C22H19F3N2O4S. The maximum atomic E-state index is 13.6. The fourth-order valence-electron chi connectivity index (χ4n) is 2.78. The quantitative estimate of drug-likeness (QED) is 0.491. The van der Waals surface area contributed by atoms with E-state index in [-0.39, 0.29) is 10.6 Å². The molecule has 0 fully saturated rings. The molecular weight excluding hydrogens is 445 g/mol. The first-order valence-electron chi connectivity index (χ1n) is 9.41. The van der Waals surface area contributed by atoms with Crippen molar-refractivity contribution >= 4 is 21.6 Å². The Hall–Kier alpha value is -3.37. The van der Waals surface area contributed by atoms with Crippen LogP contribution in [0.4, 0.5) is 18.9 Å². The highest BCUT2D eigenvalue weighted by Crippen LogP contribution is 2.21. The summed E-state index contributed by atoms with van der Waals surface area (Å²) in [5.41, 5.74) is 0.275. The van der Waals surface area contributed by atoms with Crippen molar-refractivity contribution in [2.45, 2.75) is 17.9 Å². The van der Waals surface area contributed by atoms with Crippen LogP contribution in [0.15, 0.2) is 71.6 Å². The van der Waals surface area contributed by atoms with Crippen LogP contribution in [-0.4, -0.2) is 20.9 Å². The number of benzene rings is 3. The molecule has 1 atom stereocenters. The molecule has 0 aromatic heterocycles. The lowest BCUT2D eigenvalue weighted by Crippen LogP contribution is -2.26. The highest BCUT2D eigenvalue weighted by molar-refractivity contribution is 7.89. The zero-order valence-electron chi connectivity index (χ0n) is 16.8. The summed E-state index contributed by atoms with van der Waals surface area (Å²) in [5, 5.41) is 2.07. The van der Waals surface area contributed by atoms with Crippen molar-refractivity contribution in [3.8, 4) is 5.75 Å². The van der Waals surface area contributed by atoms with Gasteiger partial charge in [0.15, 0.2) is 24.1 Å². The van der Waals surface area contributed by atoms with Gasteiger partial charge in [0.1, 0.15) is 5.75 Å². The van der Waals surface area contributed by atoms with Gasteiger partial charge in [-0.15, -0.1) is 0 Å². The molecule has 0 saturated heterocycles. The molecule has 2 N–H and O–H groups in total. The molecule has 3 aromatic rings. The van der Waals surface area contributed by atoms with Crippen molar-refractivity contribution in [3.05, 3.63) is 89.7 Å². The van der Waals surface area contributed by atoms with Gasteiger partial charge >= 0.3 is 0 Å². The lowest BCUT2D eigenvalue weighted by molar-refractivity contribution is -0.118. The predicted molar refractivity (Wildman–Crippen MR) is 112 cm³/mol. The topological polar surface area (TPSA) is 84.5 Å². The van der Waals surface area contributed by atoms with Crippen LogP contribution in [0.25, 0.3) is 0 Å². The van der Waals surface area contributed by atoms with Crippen LogP contribution < -0.4 is 14.8 Å². The fraction of sp³-hybridized carbons (Fsp3) is 0.136. The minimum absolute atomic E-state index is 0.000871. The summed E-state index contributed by atoms with van der Waals surface area (Å²) in [7, 11) is -3.80. The van der Waals surface area contributed by atoms with Crippen LogP contribution in [-0.2, 0) is 14.8 Å². The molecule has 0 spiro atoms. The number of carbonyl (C=O) groups is 1. The van der Waals surface area contributed by atoms with E-state index in [4.69, 9.17) is 4.74 Å². The van der Waals surface area contributed by atoms with Gasteiger partial charge in [-0.1, -0.05) is 30.3 Å². The Labute approximate surface area is 183 Å². The van der Waals surface area contributed by atoms with E-state index >= 15 is 0 Å². The van der Waals surface area contributed by atoms with Gasteiger partial charge in [-0.3, -0.25) is 4.79 Å². The molecule has 0 heterocycles. The van der Waals surface area contributed by atoms with Crippen LogP contribution in [0.2, 0.25) is 0 Å². The average molecular weight is 464 g/mol. The van der Waals surface area contributed by atoms with Crippen LogP contribution in [0, 0.1) is 17.5 Å². The number of carbonyl (C=O) groups excluding carboxylic acids is 1. The third-order valence-corrected chi connectivity index (χ3v) is 6.00. The number of hydrogen-bond donors (Lipinski definition) is 2. The summed E-state index contributed by atoms with van der Waals surface area (Å²) < 4.78 is 72.7. The summed E-state index contributed by atoms with van der Waals surface area (Å²) in [6.07, 6.45) is 0. The molecule has 0 radical (unpaired) electrons. The molecule has 1 amide bonds. The van der Waals surface area contributed by atoms with E-state index in [0.29, 0.717) is 6.07 Å². The van der Waals surface area contributed by atoms with Crippen molar-refractivity contribution in [1.82, 2.24) is 4.72 Å². The second-order valence-electron chi connectivity index (χ2n) is 6.78. The van der Waals surface area contributed by atoms with Crippen molar-refractivity contribution in [3.63, 3.8) is 0 Å². The molecule has 3 rings (SSSR count). The Morgan fingerprint density at radius 3 is 2.25 bits per heavy atom. The molecule has 0 unspecified atom stereocenters. The number of nitrogens with one attached hydrogen (secondary N) is 2. The minimum atomic E-state index is -3.80. The molecule has 0 aliphatic heterocycles. The van der Waals surface area contributed by atoms with E-state index in [1.165, 1.54) is 24.3 Å². The molecule has 6 nitrogen and oxygen atoms in total. The van der Waals surface area contributed by atoms with E-state index in [0.717, 1.165) is 11.6 Å². The Balaban J connectivity index is 1.58. The summed E-state index contributed by atoms with van der Waals surface area (Å²) in [6, 6.07) is 15.5. The van der Waals surface area contributed by atoms with Gasteiger partial charge in [-0.25, -0.2) is 26.3 Å². The van der Waals surface area contributed by atoms with Gasteiger partial charge in [0.05, 0.1) is 10.6 Å². The van der Waals surface area contributed by atoms with Gasteiger partial charge in [-0.2, -0.15) is 0 Å². The second kappa shape index (κ2) is 9.84. The Kier molecular flexibility index (Phi) is 7.16. The lowest BCUT2D eigenvalue weighted by Gasteiger charge is -2.15. The SMILES string of the molecule is C[C@@H](NS(=O)(=O)c1ccc(OCC(=O)Nc2ccc(F)c(F)c2F)cc1)c1ccccc1. The standard InChI is InChI=1S/C22H19F3N2O4S/c1-14(15-5-3-2-4-6-15)27-32(29,30)17-9-7-16(8-10-17)31-13-20(28)26-19-12-11-18(23)21(24)22(19)25/h2-12,14,27H,13H2,1H3,(H,26,28)/t14-/m1/s1. The van der Waals surface area contributed by atoms with Crippen LogP contribution in [0.5, 0.6) is 5.75 Å². The van der Waals surface area contributed by atoms with E-state index in [9.17, 15) is 26.4 Å². The number of anilines is 1. The monoisotopic (exact) mass is 464 g/mol. The van der Waals surface area contributed by atoms with E-state index in [2.05, 4.69) is 10.0 Å². The predicted octanol–water partition coefficient (Wildman–Crippen LogP) is 4.16. The molecule has 10 heteroatoms. The Morgan fingerprint density at radius 2 is 1.59 bits per heavy atom. The summed E-state index contributed by atoms with van der Waals surface area (Å²) in [5.74, 6) is -5.23. The summed E-state index contributed by atoms with van der Waals surface area (Å²) >= 11 is 0. The molecule has 0 aliphatic carbocycles. The van der Waals surface area contributed by atoms with E-state index in [1.54, 1.807) is 19.1 Å². The number of hydrogen-bond acceptors (Lipinski definition) is 4. The van der Waals surface area contributed by atoms with E-state index in [1.807, 2.05) is 18.2 Å². The Morgan fingerprint density at radius 1 is 0.938 bits per heavy atom. The van der Waals surface area contributed by atoms with Crippen LogP contribution in [0.3, 0.4) is 0 Å². The average Bonchev–Trinajstić information content (AvgIpc) is 2.78. The second-order valence-corrected chi connectivity index (χ2v) is 8.50. The maximum Gasteiger partial charge on any atom is 0.262 e. The summed E-state index contributed by atoms with van der Waals surface area (Å²) in [4.78, 5) is 11.9. The molecule has 0 bridgehead atoms. The first-order chi connectivity index (χ1) is 15.2. The third kappa shape index (κ3) is 5.65. The lowest BCUT2D eigenvalue weighted by atomic mass is 10.1. The number of sulfonamides is 1. The number of halogens is 3. The van der Waals surface area contributed by atoms with Gasteiger partial charge in [0.25, 0.3) is 5.91 Å². The number of amides is 1. The third-order valence-electron chi connectivity index (χ3n) is 4.44. The smallest absolute Gasteiger partial charge is 0.262 e.